The highest BCUT2D eigenvalue weighted by Gasteiger charge is 1.98. The minimum absolute atomic E-state index is 0.793. The number of nitrogens with zero attached hydrogens (tertiary/aromatic N) is 1. The Morgan fingerprint density at radius 2 is 2.08 bits per heavy atom. The molecular formula is C11H17NS. The molecule has 0 amide bonds. The minimum Gasteiger partial charge on any atom is -0.265 e. The second-order valence-electron chi connectivity index (χ2n) is 3.20. The average Bonchev–Trinajstić information content (AvgIpc) is 2.19. The van der Waals surface area contributed by atoms with E-state index in [1.54, 1.807) is 0 Å². The lowest BCUT2D eigenvalue weighted by Gasteiger charge is -2.07. The Bertz CT molecular complexity index is 223. The van der Waals surface area contributed by atoms with Gasteiger partial charge in [-0.2, -0.15) is 11.8 Å². The summed E-state index contributed by atoms with van der Waals surface area (Å²) in [6.45, 7) is 4.53. The van der Waals surface area contributed by atoms with Gasteiger partial charge in [-0.1, -0.05) is 13.8 Å². The summed E-state index contributed by atoms with van der Waals surface area (Å²) >= 11 is 2.05. The Morgan fingerprint density at radius 3 is 2.69 bits per heavy atom. The molecule has 0 aliphatic carbocycles. The third-order valence-corrected chi connectivity index (χ3v) is 3.46. The van der Waals surface area contributed by atoms with Gasteiger partial charge in [0, 0.05) is 17.6 Å². The van der Waals surface area contributed by atoms with E-state index in [-0.39, 0.29) is 0 Å². The van der Waals surface area contributed by atoms with E-state index in [0.717, 1.165) is 11.7 Å². The molecule has 0 saturated heterocycles. The van der Waals surface area contributed by atoms with Gasteiger partial charge in [-0.25, -0.2) is 0 Å². The van der Waals surface area contributed by atoms with Crippen molar-refractivity contribution in [2.24, 2.45) is 0 Å². The maximum Gasteiger partial charge on any atom is 0.0270 e. The Morgan fingerprint density at radius 1 is 1.38 bits per heavy atom. The van der Waals surface area contributed by atoms with Gasteiger partial charge in [-0.15, -0.1) is 0 Å². The van der Waals surface area contributed by atoms with Crippen LogP contribution in [0.1, 0.15) is 25.8 Å². The normalized spacial score (nSPS) is 12.8. The highest BCUT2D eigenvalue weighted by Crippen LogP contribution is 2.14. The number of aromatic nitrogens is 1. The molecule has 1 aromatic rings. The third kappa shape index (κ3) is 4.32. The lowest BCUT2D eigenvalue weighted by molar-refractivity contribution is 0.903. The largest absolute Gasteiger partial charge is 0.265 e. The van der Waals surface area contributed by atoms with Gasteiger partial charge in [0.05, 0.1) is 0 Å². The van der Waals surface area contributed by atoms with Gasteiger partial charge in [0.2, 0.25) is 0 Å². The van der Waals surface area contributed by atoms with Crippen molar-refractivity contribution in [2.45, 2.75) is 31.9 Å². The lowest BCUT2D eigenvalue weighted by atomic mass is 10.2. The van der Waals surface area contributed by atoms with Crippen LogP contribution in [0.25, 0.3) is 0 Å². The molecule has 1 nitrogen and oxygen atoms in total. The summed E-state index contributed by atoms with van der Waals surface area (Å²) in [5, 5.41) is 0.793. The van der Waals surface area contributed by atoms with Gasteiger partial charge in [-0.3, -0.25) is 4.98 Å². The lowest BCUT2D eigenvalue weighted by Crippen LogP contribution is -1.97. The summed E-state index contributed by atoms with van der Waals surface area (Å²) in [5.74, 6) is 1.22. The van der Waals surface area contributed by atoms with Crippen molar-refractivity contribution >= 4 is 11.8 Å². The van der Waals surface area contributed by atoms with E-state index < -0.39 is 0 Å². The van der Waals surface area contributed by atoms with Crippen molar-refractivity contribution in [1.29, 1.82) is 0 Å². The molecule has 0 N–H and O–H groups in total. The molecule has 72 valence electrons. The molecule has 1 atom stereocenters. The average molecular weight is 195 g/mol. The highest BCUT2D eigenvalue weighted by molar-refractivity contribution is 7.99. The first kappa shape index (κ1) is 10.6. The van der Waals surface area contributed by atoms with Crippen LogP contribution in [0, 0.1) is 0 Å². The third-order valence-electron chi connectivity index (χ3n) is 2.12. The van der Waals surface area contributed by atoms with Crippen LogP contribution < -0.4 is 0 Å². The first-order valence-corrected chi connectivity index (χ1v) is 5.88. The summed E-state index contributed by atoms with van der Waals surface area (Å²) in [4.78, 5) is 4.00. The zero-order valence-corrected chi connectivity index (χ0v) is 9.18. The molecule has 1 rings (SSSR count). The number of aryl methyl sites for hydroxylation is 1. The fourth-order valence-electron chi connectivity index (χ4n) is 1.05. The zero-order valence-electron chi connectivity index (χ0n) is 8.36. The second-order valence-corrected chi connectivity index (χ2v) is 4.74. The molecule has 0 radical (unpaired) electrons. The van der Waals surface area contributed by atoms with Gasteiger partial charge >= 0.3 is 0 Å². The van der Waals surface area contributed by atoms with Gasteiger partial charge < -0.3 is 0 Å². The fraction of sp³-hybridized carbons (Fsp3) is 0.545. The Labute approximate surface area is 85.0 Å². The number of pyridine rings is 1. The van der Waals surface area contributed by atoms with Gasteiger partial charge in [0.1, 0.15) is 0 Å². The van der Waals surface area contributed by atoms with Crippen LogP contribution in [0.4, 0.5) is 0 Å². The molecule has 2 heteroatoms. The van der Waals surface area contributed by atoms with E-state index >= 15 is 0 Å². The Hall–Kier alpha value is -0.500. The number of rotatable bonds is 5. The van der Waals surface area contributed by atoms with Crippen LogP contribution in [0.3, 0.4) is 0 Å². The van der Waals surface area contributed by atoms with Gasteiger partial charge in [-0.05, 0) is 36.3 Å². The van der Waals surface area contributed by atoms with Gasteiger partial charge in [0.25, 0.3) is 0 Å². The smallest absolute Gasteiger partial charge is 0.0270 e. The quantitative estimate of drug-likeness (QED) is 0.716. The van der Waals surface area contributed by atoms with Crippen molar-refractivity contribution in [3.8, 4) is 0 Å². The SMILES string of the molecule is CC[C@H](C)SCCc1ccncc1. The van der Waals surface area contributed by atoms with E-state index in [4.69, 9.17) is 0 Å². The summed E-state index contributed by atoms with van der Waals surface area (Å²) < 4.78 is 0. The van der Waals surface area contributed by atoms with Crippen LogP contribution in [-0.4, -0.2) is 16.0 Å². The van der Waals surface area contributed by atoms with Crippen LogP contribution in [0.5, 0.6) is 0 Å². The molecule has 0 spiro atoms. The summed E-state index contributed by atoms with van der Waals surface area (Å²) in [7, 11) is 0. The van der Waals surface area contributed by atoms with Crippen LogP contribution >= 0.6 is 11.8 Å². The molecule has 0 aromatic carbocycles. The monoisotopic (exact) mass is 195 g/mol. The van der Waals surface area contributed by atoms with E-state index in [1.165, 1.54) is 17.7 Å². The first-order chi connectivity index (χ1) is 6.33. The van der Waals surface area contributed by atoms with Crippen molar-refractivity contribution in [3.63, 3.8) is 0 Å². The number of hydrogen-bond donors (Lipinski definition) is 0. The molecule has 1 heterocycles. The molecule has 0 aliphatic heterocycles. The predicted molar refractivity (Wildman–Crippen MR) is 60.2 cm³/mol. The Kier molecular flexibility index (Phi) is 4.91. The van der Waals surface area contributed by atoms with Crippen LogP contribution in [-0.2, 0) is 6.42 Å². The molecule has 0 unspecified atom stereocenters. The molecule has 13 heavy (non-hydrogen) atoms. The standard InChI is InChI=1S/C11H17NS/c1-3-10(2)13-9-6-11-4-7-12-8-5-11/h4-5,7-8,10H,3,6,9H2,1-2H3/t10-/m0/s1. The van der Waals surface area contributed by atoms with Crippen LogP contribution in [0.15, 0.2) is 24.5 Å². The topological polar surface area (TPSA) is 12.9 Å². The predicted octanol–water partition coefficient (Wildman–Crippen LogP) is 3.16. The maximum atomic E-state index is 4.00. The van der Waals surface area contributed by atoms with E-state index in [9.17, 15) is 0 Å². The van der Waals surface area contributed by atoms with E-state index in [0.29, 0.717) is 0 Å². The summed E-state index contributed by atoms with van der Waals surface area (Å²) in [6, 6.07) is 4.19. The van der Waals surface area contributed by atoms with Crippen molar-refractivity contribution in [2.75, 3.05) is 5.75 Å². The molecule has 0 aliphatic rings. The van der Waals surface area contributed by atoms with Crippen molar-refractivity contribution in [1.82, 2.24) is 4.98 Å². The number of hydrogen-bond acceptors (Lipinski definition) is 2. The molecule has 0 fully saturated rings. The molecule has 0 saturated carbocycles. The van der Waals surface area contributed by atoms with Crippen LogP contribution in [0.2, 0.25) is 0 Å². The van der Waals surface area contributed by atoms with Gasteiger partial charge in [0.15, 0.2) is 0 Å². The summed E-state index contributed by atoms with van der Waals surface area (Å²) in [6.07, 6.45) is 6.16. The van der Waals surface area contributed by atoms with Crippen molar-refractivity contribution in [3.05, 3.63) is 30.1 Å². The summed E-state index contributed by atoms with van der Waals surface area (Å²) in [5.41, 5.74) is 1.39. The second kappa shape index (κ2) is 6.03. The number of thioether (sulfide) groups is 1. The molecule has 1 aromatic heterocycles. The molecule has 0 bridgehead atoms. The maximum absolute atomic E-state index is 4.00. The minimum atomic E-state index is 0.793. The first-order valence-electron chi connectivity index (χ1n) is 4.83. The Balaban J connectivity index is 2.20. The van der Waals surface area contributed by atoms with Crippen molar-refractivity contribution < 1.29 is 0 Å². The van der Waals surface area contributed by atoms with E-state index in [2.05, 4.69) is 42.7 Å². The fourth-order valence-corrected chi connectivity index (χ4v) is 2.04. The zero-order chi connectivity index (χ0) is 9.52. The van der Waals surface area contributed by atoms with E-state index in [1.807, 2.05) is 12.4 Å². The highest BCUT2D eigenvalue weighted by atomic mass is 32.2. The molecular weight excluding hydrogens is 178 g/mol.